The zero-order valence-electron chi connectivity index (χ0n) is 57.3. The summed E-state index contributed by atoms with van der Waals surface area (Å²) in [7, 11) is -5.81. The van der Waals surface area contributed by atoms with Crippen LogP contribution in [-0.2, 0) is 70.6 Å². The molecule has 0 aromatic rings. The van der Waals surface area contributed by atoms with Crippen LogP contribution in [0.4, 0.5) is 0 Å². The Balaban J connectivity index is 1.29. The average Bonchev–Trinajstić information content (AvgIpc) is 0.764. The fourth-order valence-corrected chi connectivity index (χ4v) is 13.6. The Kier molecular flexibility index (Phi) is 40.9. The summed E-state index contributed by atoms with van der Waals surface area (Å²) < 4.78 is 81.3. The number of aliphatic hydroxyl groups is 17. The zero-order valence-corrected chi connectivity index (χ0v) is 58.1. The molecule has 5 aliphatic rings. The Morgan fingerprint density at radius 3 is 1.04 bits per heavy atom. The Hall–Kier alpha value is -1.95. The lowest BCUT2D eigenvalue weighted by Crippen LogP contribution is -2.69. The second-order valence-electron chi connectivity index (χ2n) is 26.9. The van der Waals surface area contributed by atoms with Crippen LogP contribution < -0.4 is 0 Å². The molecule has 0 aromatic heterocycles. The number of phosphoric acid groups is 1. The van der Waals surface area contributed by atoms with Gasteiger partial charge in [0, 0.05) is 12.8 Å². The van der Waals surface area contributed by atoms with Gasteiger partial charge in [-0.25, -0.2) is 4.57 Å². The minimum Gasteiger partial charge on any atom is -0.462 e. The highest BCUT2D eigenvalue weighted by Crippen LogP contribution is 2.49. The highest BCUT2D eigenvalue weighted by Gasteiger charge is 2.59. The number of aliphatic hydroxyl groups excluding tert-OH is 17. The maximum absolute atomic E-state index is 14.4. The molecule has 1 aliphatic carbocycles. The molecule has 5 rings (SSSR count). The van der Waals surface area contributed by atoms with Gasteiger partial charge in [0.1, 0.15) is 141 Å². The Bertz CT molecular complexity index is 2230. The largest absolute Gasteiger partial charge is 0.472 e. The molecule has 34 heteroatoms. The molecule has 0 aromatic carbocycles. The Morgan fingerprint density at radius 1 is 0.364 bits per heavy atom. The number of carbonyl (C=O) groups excluding carboxylic acids is 2. The van der Waals surface area contributed by atoms with E-state index in [0.29, 0.717) is 19.3 Å². The van der Waals surface area contributed by atoms with E-state index in [0.717, 1.165) is 70.6 Å². The number of ether oxygens (including phenoxy) is 10. The van der Waals surface area contributed by atoms with Crippen LogP contribution >= 0.6 is 7.82 Å². The number of esters is 2. The van der Waals surface area contributed by atoms with Crippen LogP contribution in [0.2, 0.25) is 0 Å². The SMILES string of the molecule is CCCCCCCCCCCCCCCCCC(=O)OC[C@H](COP(=O)(O)O[C@@H]1C(O[C@@H]2OC(CO[C@@H]3OC(CO[C@@H]4OC(CO)[C@H](O)C(O)[C@@H]4O)[C@H](O)C(O)[C@@H]3O)[C@H](O)C(O)[C@@H]2O)C(O)[C@@H](O)C(O)[C@H]1O[C@H]1OC(CO)[C@@H](O)C(O)[C@H]1O)OC(=O)CCCCCCCCCCCCC. The Morgan fingerprint density at radius 2 is 0.667 bits per heavy atom. The van der Waals surface area contributed by atoms with E-state index in [4.69, 9.17) is 56.4 Å². The van der Waals surface area contributed by atoms with Gasteiger partial charge in [0.05, 0.1) is 33.0 Å². The molecule has 0 amide bonds. The summed E-state index contributed by atoms with van der Waals surface area (Å²) >= 11 is 0. The number of carbonyl (C=O) groups is 2. The highest BCUT2D eigenvalue weighted by atomic mass is 31.2. The predicted molar refractivity (Wildman–Crippen MR) is 343 cm³/mol. The standard InChI is InChI=1S/C65H119O33P/c1-3-5-7-9-11-13-15-16-17-18-20-21-23-25-27-29-42(68)87-33-37(91-43(69)30-28-26-24-22-19-14-12-10-8-6-4-2)34-90-99(85,86)98-61-59(96-64-57(83)49(75)45(71)39(32-67)93-64)53(79)52(78)54(80)60(61)97-65-58(84)51(77)47(73)41(95-65)36-89-63-56(82)50(76)46(72)40(94-63)35-88-62-55(81)48(74)44(70)38(31-66)92-62/h37-41,44-67,70-84H,3-36H2,1-2H3,(H,85,86)/t37-,38?,39?,40?,41?,44+,45-,46+,47+,48?,49?,50?,51?,52+,53?,54?,55+,56+,57-,58+,59-,60?,61+,62-,63-,64-,65+/m1/s1. The first-order chi connectivity index (χ1) is 47.3. The van der Waals surface area contributed by atoms with Crippen molar-refractivity contribution in [2.75, 3.05) is 39.6 Å². The fraction of sp³-hybridized carbons (Fsp3) is 0.969. The third-order valence-corrected chi connectivity index (χ3v) is 19.8. The third kappa shape index (κ3) is 28.0. The molecular weight excluding hydrogens is 1340 g/mol. The van der Waals surface area contributed by atoms with E-state index in [1.165, 1.54) is 77.0 Å². The normalized spacial score (nSPS) is 36.9. The summed E-state index contributed by atoms with van der Waals surface area (Å²) in [6.45, 7) is -0.918. The fourth-order valence-electron chi connectivity index (χ4n) is 12.6. The maximum Gasteiger partial charge on any atom is 0.472 e. The molecule has 0 radical (unpaired) electrons. The van der Waals surface area contributed by atoms with Crippen molar-refractivity contribution in [3.8, 4) is 0 Å². The monoisotopic (exact) mass is 1460 g/mol. The van der Waals surface area contributed by atoms with Gasteiger partial charge in [-0.05, 0) is 12.8 Å². The van der Waals surface area contributed by atoms with Gasteiger partial charge in [0.15, 0.2) is 31.3 Å². The molecule has 1 saturated carbocycles. The molecule has 4 heterocycles. The van der Waals surface area contributed by atoms with E-state index in [2.05, 4.69) is 13.8 Å². The van der Waals surface area contributed by atoms with Crippen LogP contribution in [0.3, 0.4) is 0 Å². The van der Waals surface area contributed by atoms with Crippen molar-refractivity contribution < 1.29 is 162 Å². The van der Waals surface area contributed by atoms with Crippen molar-refractivity contribution in [3.63, 3.8) is 0 Å². The van der Waals surface area contributed by atoms with Crippen LogP contribution in [0.5, 0.6) is 0 Å². The molecule has 0 bridgehead atoms. The Labute approximate surface area is 579 Å². The third-order valence-electron chi connectivity index (χ3n) is 18.9. The first kappa shape index (κ1) is 87.7. The number of unbranched alkanes of at least 4 members (excludes halogenated alkanes) is 24. The van der Waals surface area contributed by atoms with Gasteiger partial charge < -0.3 is 139 Å². The molecule has 4 saturated heterocycles. The molecule has 582 valence electrons. The molecular formula is C65H119O33P. The summed E-state index contributed by atoms with van der Waals surface area (Å²) in [4.78, 5) is 38.1. The molecule has 12 unspecified atom stereocenters. The number of hydrogen-bond acceptors (Lipinski definition) is 32. The molecule has 18 N–H and O–H groups in total. The van der Waals surface area contributed by atoms with E-state index < -0.39 is 225 Å². The van der Waals surface area contributed by atoms with E-state index in [1.807, 2.05) is 0 Å². The van der Waals surface area contributed by atoms with Crippen molar-refractivity contribution in [1.82, 2.24) is 0 Å². The summed E-state index contributed by atoms with van der Waals surface area (Å²) in [6.07, 6.45) is -28.4. The topological polar surface area (TPSA) is 526 Å². The second kappa shape index (κ2) is 46.2. The predicted octanol–water partition coefficient (Wildman–Crippen LogP) is -0.979. The lowest BCUT2D eigenvalue weighted by molar-refractivity contribution is -0.365. The van der Waals surface area contributed by atoms with Crippen molar-refractivity contribution in [2.45, 2.75) is 359 Å². The first-order valence-electron chi connectivity index (χ1n) is 35.9. The van der Waals surface area contributed by atoms with Gasteiger partial charge in [-0.15, -0.1) is 0 Å². The molecule has 28 atom stereocenters. The van der Waals surface area contributed by atoms with Gasteiger partial charge in [0.2, 0.25) is 0 Å². The van der Waals surface area contributed by atoms with E-state index in [9.17, 15) is 106 Å². The van der Waals surface area contributed by atoms with Gasteiger partial charge in [0.25, 0.3) is 0 Å². The molecule has 0 spiro atoms. The van der Waals surface area contributed by atoms with Crippen LogP contribution in [0.1, 0.15) is 194 Å². The molecule has 4 aliphatic heterocycles. The maximum atomic E-state index is 14.4. The minimum atomic E-state index is -5.81. The van der Waals surface area contributed by atoms with Crippen LogP contribution in [-0.4, -0.2) is 309 Å². The molecule has 33 nitrogen and oxygen atoms in total. The lowest BCUT2D eigenvalue weighted by atomic mass is 9.84. The van der Waals surface area contributed by atoms with E-state index in [1.54, 1.807) is 0 Å². The van der Waals surface area contributed by atoms with Crippen molar-refractivity contribution in [2.24, 2.45) is 0 Å². The highest BCUT2D eigenvalue weighted by molar-refractivity contribution is 7.47. The van der Waals surface area contributed by atoms with Crippen molar-refractivity contribution in [1.29, 1.82) is 0 Å². The van der Waals surface area contributed by atoms with Gasteiger partial charge in [-0.2, -0.15) is 0 Å². The summed E-state index contributed by atoms with van der Waals surface area (Å²) in [5.41, 5.74) is 0. The van der Waals surface area contributed by atoms with Gasteiger partial charge in [-0.3, -0.25) is 18.6 Å². The molecule has 5 fully saturated rings. The number of rotatable bonds is 48. The minimum absolute atomic E-state index is 0.00162. The second-order valence-corrected chi connectivity index (χ2v) is 28.3. The van der Waals surface area contributed by atoms with Gasteiger partial charge in [-0.1, -0.05) is 168 Å². The summed E-state index contributed by atoms with van der Waals surface area (Å²) in [5.74, 6) is -1.44. The lowest BCUT2D eigenvalue weighted by Gasteiger charge is -2.49. The van der Waals surface area contributed by atoms with Crippen molar-refractivity contribution in [3.05, 3.63) is 0 Å². The van der Waals surface area contributed by atoms with Gasteiger partial charge >= 0.3 is 19.8 Å². The van der Waals surface area contributed by atoms with Crippen LogP contribution in [0.25, 0.3) is 0 Å². The zero-order chi connectivity index (χ0) is 72.8. The average molecular weight is 1460 g/mol. The van der Waals surface area contributed by atoms with E-state index in [-0.39, 0.29) is 12.8 Å². The van der Waals surface area contributed by atoms with Crippen LogP contribution in [0.15, 0.2) is 0 Å². The summed E-state index contributed by atoms with van der Waals surface area (Å²) in [6, 6.07) is 0. The quantitative estimate of drug-likeness (QED) is 0.0198. The number of phosphoric ester groups is 1. The van der Waals surface area contributed by atoms with Crippen LogP contribution in [0, 0.1) is 0 Å². The van der Waals surface area contributed by atoms with E-state index >= 15 is 0 Å². The van der Waals surface area contributed by atoms with Crippen molar-refractivity contribution >= 4 is 19.8 Å². The smallest absolute Gasteiger partial charge is 0.462 e. The number of hydrogen-bond donors (Lipinski definition) is 18. The first-order valence-corrected chi connectivity index (χ1v) is 37.4. The summed E-state index contributed by atoms with van der Waals surface area (Å²) in [5, 5.41) is 183. The molecule has 99 heavy (non-hydrogen) atoms.